The molecule has 0 fully saturated rings. The van der Waals surface area contributed by atoms with Crippen molar-refractivity contribution in [2.75, 3.05) is 0 Å². The van der Waals surface area contributed by atoms with Gasteiger partial charge in [0.05, 0.1) is 0 Å². The number of furan rings is 1. The number of rotatable bonds is 1. The second-order valence-electron chi connectivity index (χ2n) is 2.21. The highest BCUT2D eigenvalue weighted by atomic mass is 35.5. The van der Waals surface area contributed by atoms with Gasteiger partial charge >= 0.3 is 0 Å². The lowest BCUT2D eigenvalue weighted by atomic mass is 10.3. The van der Waals surface area contributed by atoms with Crippen LogP contribution >= 0.6 is 24.8 Å². The van der Waals surface area contributed by atoms with Gasteiger partial charge in [-0.3, -0.25) is 4.79 Å². The van der Waals surface area contributed by atoms with E-state index in [-0.39, 0.29) is 30.6 Å². The van der Waals surface area contributed by atoms with Crippen molar-refractivity contribution >= 4 is 30.7 Å². The fourth-order valence-corrected chi connectivity index (χ4v) is 0.695. The molecule has 2 N–H and O–H groups in total. The van der Waals surface area contributed by atoms with Crippen molar-refractivity contribution in [3.05, 3.63) is 23.2 Å². The molecule has 1 amide bonds. The van der Waals surface area contributed by atoms with E-state index in [4.69, 9.17) is 10.2 Å². The SMILES string of the molecule is Cc1cc(C(N)=O)oc1C.Cl.Cl. The zero-order valence-corrected chi connectivity index (χ0v) is 8.42. The van der Waals surface area contributed by atoms with Gasteiger partial charge in [-0.2, -0.15) is 0 Å². The minimum atomic E-state index is -0.517. The molecule has 0 unspecified atom stereocenters. The Bertz CT molecular complexity index is 251. The van der Waals surface area contributed by atoms with Crippen LogP contribution in [0.5, 0.6) is 0 Å². The number of halogens is 2. The van der Waals surface area contributed by atoms with Crippen LogP contribution < -0.4 is 5.73 Å². The molecule has 5 heteroatoms. The maximum absolute atomic E-state index is 10.5. The number of nitrogens with two attached hydrogens (primary N) is 1. The first-order valence-corrected chi connectivity index (χ1v) is 2.98. The Kier molecular flexibility index (Phi) is 5.86. The van der Waals surface area contributed by atoms with Crippen molar-refractivity contribution < 1.29 is 9.21 Å². The van der Waals surface area contributed by atoms with Gasteiger partial charge in [0.1, 0.15) is 5.76 Å². The Morgan fingerprint density at radius 2 is 1.92 bits per heavy atom. The number of hydrogen-bond acceptors (Lipinski definition) is 2. The number of primary amides is 1. The summed E-state index contributed by atoms with van der Waals surface area (Å²) in [5.74, 6) is 0.458. The first-order chi connectivity index (χ1) is 4.61. The van der Waals surface area contributed by atoms with E-state index in [0.29, 0.717) is 0 Å². The third-order valence-electron chi connectivity index (χ3n) is 1.41. The molecule has 0 spiro atoms. The van der Waals surface area contributed by atoms with Gasteiger partial charge in [-0.15, -0.1) is 24.8 Å². The van der Waals surface area contributed by atoms with Crippen LogP contribution in [0.3, 0.4) is 0 Å². The number of carbonyl (C=O) groups excluding carboxylic acids is 1. The maximum Gasteiger partial charge on any atom is 0.284 e. The van der Waals surface area contributed by atoms with Gasteiger partial charge in [0.15, 0.2) is 5.76 Å². The summed E-state index contributed by atoms with van der Waals surface area (Å²) in [6.45, 7) is 3.66. The fraction of sp³-hybridized carbons (Fsp3) is 0.286. The second kappa shape index (κ2) is 5.06. The Hall–Kier alpha value is -0.670. The highest BCUT2D eigenvalue weighted by molar-refractivity contribution is 5.90. The third kappa shape index (κ3) is 2.75. The van der Waals surface area contributed by atoms with Crippen molar-refractivity contribution in [3.8, 4) is 0 Å². The predicted molar refractivity (Wildman–Crippen MR) is 51.2 cm³/mol. The average Bonchev–Trinajstić information content (AvgIpc) is 2.13. The van der Waals surface area contributed by atoms with Gasteiger partial charge in [0.2, 0.25) is 0 Å². The van der Waals surface area contributed by atoms with Crippen molar-refractivity contribution in [2.45, 2.75) is 13.8 Å². The van der Waals surface area contributed by atoms with E-state index in [2.05, 4.69) is 0 Å². The van der Waals surface area contributed by atoms with Gasteiger partial charge in [0.25, 0.3) is 5.91 Å². The number of carbonyl (C=O) groups is 1. The number of amides is 1. The molecule has 1 heterocycles. The van der Waals surface area contributed by atoms with Crippen LogP contribution in [-0.4, -0.2) is 5.91 Å². The number of aryl methyl sites for hydroxylation is 2. The lowest BCUT2D eigenvalue weighted by molar-refractivity contribution is 0.0972. The standard InChI is InChI=1S/C7H9NO2.2ClH/c1-4-3-6(7(8)9)10-5(4)2;;/h3H,1-2H3,(H2,8,9);2*1H. The lowest BCUT2D eigenvalue weighted by Crippen LogP contribution is -2.09. The average molecular weight is 212 g/mol. The summed E-state index contributed by atoms with van der Waals surface area (Å²) in [6.07, 6.45) is 0. The molecular formula is C7H11Cl2NO2. The molecule has 0 aliphatic rings. The van der Waals surface area contributed by atoms with Gasteiger partial charge in [-0.25, -0.2) is 0 Å². The molecule has 1 aromatic heterocycles. The van der Waals surface area contributed by atoms with Crippen LogP contribution in [0, 0.1) is 13.8 Å². The molecule has 1 aromatic rings. The molecule has 1 rings (SSSR count). The molecule has 0 saturated carbocycles. The molecule has 0 aliphatic heterocycles. The van der Waals surface area contributed by atoms with Gasteiger partial charge in [-0.1, -0.05) is 0 Å². The molecule has 0 radical (unpaired) electrons. The largest absolute Gasteiger partial charge is 0.456 e. The molecule has 12 heavy (non-hydrogen) atoms. The fourth-order valence-electron chi connectivity index (χ4n) is 0.695. The van der Waals surface area contributed by atoms with Crippen LogP contribution in [-0.2, 0) is 0 Å². The summed E-state index contributed by atoms with van der Waals surface area (Å²) in [5.41, 5.74) is 5.92. The van der Waals surface area contributed by atoms with Crippen LogP contribution in [0.25, 0.3) is 0 Å². The molecule has 70 valence electrons. The normalized spacial score (nSPS) is 8.17. The summed E-state index contributed by atoms with van der Waals surface area (Å²) in [6, 6.07) is 1.64. The van der Waals surface area contributed by atoms with Gasteiger partial charge < -0.3 is 10.2 Å². The summed E-state index contributed by atoms with van der Waals surface area (Å²) < 4.78 is 5.00. The third-order valence-corrected chi connectivity index (χ3v) is 1.41. The lowest BCUT2D eigenvalue weighted by Gasteiger charge is -1.83. The van der Waals surface area contributed by atoms with Crippen molar-refractivity contribution in [1.29, 1.82) is 0 Å². The molecule has 0 atom stereocenters. The molecular weight excluding hydrogens is 201 g/mol. The van der Waals surface area contributed by atoms with Crippen LogP contribution in [0.2, 0.25) is 0 Å². The zero-order valence-electron chi connectivity index (χ0n) is 6.79. The minimum Gasteiger partial charge on any atom is -0.456 e. The Morgan fingerprint density at radius 3 is 2.08 bits per heavy atom. The Morgan fingerprint density at radius 1 is 1.42 bits per heavy atom. The monoisotopic (exact) mass is 211 g/mol. The molecule has 0 saturated heterocycles. The smallest absolute Gasteiger partial charge is 0.284 e. The van der Waals surface area contributed by atoms with E-state index in [0.717, 1.165) is 11.3 Å². The second-order valence-corrected chi connectivity index (χ2v) is 2.21. The quantitative estimate of drug-likeness (QED) is 0.771. The summed E-state index contributed by atoms with van der Waals surface area (Å²) >= 11 is 0. The van der Waals surface area contributed by atoms with E-state index in [1.54, 1.807) is 13.0 Å². The summed E-state index contributed by atoms with van der Waals surface area (Å²) in [5, 5.41) is 0. The van der Waals surface area contributed by atoms with Crippen LogP contribution in [0.15, 0.2) is 10.5 Å². The highest BCUT2D eigenvalue weighted by Crippen LogP contribution is 2.11. The molecule has 3 nitrogen and oxygen atoms in total. The topological polar surface area (TPSA) is 56.2 Å². The Balaban J connectivity index is 0. The Labute approximate surface area is 83.1 Å². The maximum atomic E-state index is 10.5. The van der Waals surface area contributed by atoms with Crippen molar-refractivity contribution in [1.82, 2.24) is 0 Å². The van der Waals surface area contributed by atoms with Gasteiger partial charge in [-0.05, 0) is 25.5 Å². The zero-order chi connectivity index (χ0) is 7.72. The van der Waals surface area contributed by atoms with Crippen LogP contribution in [0.4, 0.5) is 0 Å². The van der Waals surface area contributed by atoms with Crippen molar-refractivity contribution in [3.63, 3.8) is 0 Å². The molecule has 0 bridgehead atoms. The van der Waals surface area contributed by atoms with Crippen molar-refractivity contribution in [2.24, 2.45) is 5.73 Å². The van der Waals surface area contributed by atoms with E-state index in [1.165, 1.54) is 0 Å². The summed E-state index contributed by atoms with van der Waals surface area (Å²) in [7, 11) is 0. The van der Waals surface area contributed by atoms with E-state index in [1.807, 2.05) is 6.92 Å². The van der Waals surface area contributed by atoms with E-state index >= 15 is 0 Å². The molecule has 0 aliphatic carbocycles. The summed E-state index contributed by atoms with van der Waals surface area (Å²) in [4.78, 5) is 10.5. The van der Waals surface area contributed by atoms with Gasteiger partial charge in [0, 0.05) is 0 Å². The highest BCUT2D eigenvalue weighted by Gasteiger charge is 2.06. The first-order valence-electron chi connectivity index (χ1n) is 2.98. The van der Waals surface area contributed by atoms with E-state index in [9.17, 15) is 4.79 Å². The van der Waals surface area contributed by atoms with E-state index < -0.39 is 5.91 Å². The van der Waals surface area contributed by atoms with Crippen LogP contribution in [0.1, 0.15) is 21.9 Å². The minimum absolute atomic E-state index is 0. The first kappa shape index (κ1) is 13.9. The number of hydrogen-bond donors (Lipinski definition) is 1. The molecule has 0 aromatic carbocycles. The predicted octanol–water partition coefficient (Wildman–Crippen LogP) is 1.84.